The summed E-state index contributed by atoms with van der Waals surface area (Å²) in [5.41, 5.74) is 0.908. The van der Waals surface area contributed by atoms with Crippen LogP contribution < -0.4 is 0 Å². The Balaban J connectivity index is 2.61. The molecule has 0 saturated carbocycles. The minimum absolute atomic E-state index is 0.495. The summed E-state index contributed by atoms with van der Waals surface area (Å²) in [7, 11) is 0. The van der Waals surface area contributed by atoms with E-state index in [2.05, 4.69) is 6.92 Å². The second-order valence-corrected chi connectivity index (χ2v) is 3.01. The second-order valence-electron chi connectivity index (χ2n) is 3.01. The molecule has 0 aromatic carbocycles. The predicted octanol–water partition coefficient (Wildman–Crippen LogP) is 1.87. The van der Waals surface area contributed by atoms with Crippen molar-refractivity contribution in [2.75, 3.05) is 0 Å². The molecule has 1 heteroatoms. The molecular formula is C8H14O. The normalized spacial score (nSPS) is 34.8. The van der Waals surface area contributed by atoms with Gasteiger partial charge in [-0.05, 0) is 26.2 Å². The van der Waals surface area contributed by atoms with Crippen LogP contribution in [0.5, 0.6) is 0 Å². The van der Waals surface area contributed by atoms with Crippen LogP contribution in [0.1, 0.15) is 33.1 Å². The van der Waals surface area contributed by atoms with Gasteiger partial charge < -0.3 is 5.11 Å². The van der Waals surface area contributed by atoms with Crippen molar-refractivity contribution in [2.24, 2.45) is 0 Å². The highest BCUT2D eigenvalue weighted by Crippen LogP contribution is 2.28. The standard InChI is InChI=1S/C8H14O/c1-3-7-4-5-8(2,9)6-7/h6,9H,3-5H2,1-2H3. The van der Waals surface area contributed by atoms with E-state index in [0.29, 0.717) is 0 Å². The second kappa shape index (κ2) is 2.14. The molecule has 1 atom stereocenters. The van der Waals surface area contributed by atoms with Gasteiger partial charge in [0.15, 0.2) is 0 Å². The third-order valence-electron chi connectivity index (χ3n) is 1.92. The van der Waals surface area contributed by atoms with E-state index >= 15 is 0 Å². The highest BCUT2D eigenvalue weighted by Gasteiger charge is 2.23. The molecule has 1 unspecified atom stereocenters. The van der Waals surface area contributed by atoms with Crippen molar-refractivity contribution in [3.05, 3.63) is 11.6 Å². The Morgan fingerprint density at radius 3 is 2.67 bits per heavy atom. The molecule has 0 radical (unpaired) electrons. The van der Waals surface area contributed by atoms with Gasteiger partial charge in [-0.2, -0.15) is 0 Å². The first kappa shape index (κ1) is 6.81. The van der Waals surface area contributed by atoms with Crippen LogP contribution >= 0.6 is 0 Å². The van der Waals surface area contributed by atoms with E-state index in [1.807, 2.05) is 13.0 Å². The van der Waals surface area contributed by atoms with Crippen molar-refractivity contribution in [3.8, 4) is 0 Å². The molecular weight excluding hydrogens is 112 g/mol. The zero-order valence-corrected chi connectivity index (χ0v) is 6.15. The van der Waals surface area contributed by atoms with Gasteiger partial charge in [-0.3, -0.25) is 0 Å². The molecule has 1 rings (SSSR count). The van der Waals surface area contributed by atoms with Gasteiger partial charge in [0, 0.05) is 0 Å². The molecule has 9 heavy (non-hydrogen) atoms. The third-order valence-corrected chi connectivity index (χ3v) is 1.92. The lowest BCUT2D eigenvalue weighted by Crippen LogP contribution is -2.15. The van der Waals surface area contributed by atoms with Crippen LogP contribution in [0.25, 0.3) is 0 Å². The van der Waals surface area contributed by atoms with Crippen molar-refractivity contribution < 1.29 is 5.11 Å². The maximum absolute atomic E-state index is 9.42. The fourth-order valence-electron chi connectivity index (χ4n) is 1.28. The topological polar surface area (TPSA) is 20.2 Å². The molecule has 0 saturated heterocycles. The summed E-state index contributed by atoms with van der Waals surface area (Å²) in [6.07, 6.45) is 5.09. The Kier molecular flexibility index (Phi) is 1.62. The van der Waals surface area contributed by atoms with Crippen LogP contribution in [0, 0.1) is 0 Å². The maximum Gasteiger partial charge on any atom is 0.0805 e. The minimum Gasteiger partial charge on any atom is -0.386 e. The molecule has 1 N–H and O–H groups in total. The maximum atomic E-state index is 9.42. The van der Waals surface area contributed by atoms with Gasteiger partial charge in [-0.15, -0.1) is 0 Å². The lowest BCUT2D eigenvalue weighted by molar-refractivity contribution is 0.112. The SMILES string of the molecule is CCC1=CC(C)(O)CC1. The molecule has 0 spiro atoms. The summed E-state index contributed by atoms with van der Waals surface area (Å²) in [4.78, 5) is 0. The van der Waals surface area contributed by atoms with Crippen molar-refractivity contribution in [3.63, 3.8) is 0 Å². The largest absolute Gasteiger partial charge is 0.386 e. The van der Waals surface area contributed by atoms with Gasteiger partial charge in [-0.1, -0.05) is 18.6 Å². The van der Waals surface area contributed by atoms with Crippen molar-refractivity contribution >= 4 is 0 Å². The molecule has 0 fully saturated rings. The van der Waals surface area contributed by atoms with E-state index in [4.69, 9.17) is 0 Å². The zero-order chi connectivity index (χ0) is 6.91. The Morgan fingerprint density at radius 2 is 2.44 bits per heavy atom. The molecule has 1 nitrogen and oxygen atoms in total. The van der Waals surface area contributed by atoms with E-state index in [1.54, 1.807) is 0 Å². The fraction of sp³-hybridized carbons (Fsp3) is 0.750. The van der Waals surface area contributed by atoms with E-state index < -0.39 is 5.60 Å². The summed E-state index contributed by atoms with van der Waals surface area (Å²) in [5, 5.41) is 9.42. The molecule has 52 valence electrons. The number of allylic oxidation sites excluding steroid dienone is 1. The third kappa shape index (κ3) is 1.55. The smallest absolute Gasteiger partial charge is 0.0805 e. The highest BCUT2D eigenvalue weighted by molar-refractivity contribution is 5.16. The first-order valence-corrected chi connectivity index (χ1v) is 3.57. The predicted molar refractivity (Wildman–Crippen MR) is 38.2 cm³/mol. The van der Waals surface area contributed by atoms with Gasteiger partial charge >= 0.3 is 0 Å². The highest BCUT2D eigenvalue weighted by atomic mass is 16.3. The van der Waals surface area contributed by atoms with E-state index in [9.17, 15) is 5.11 Å². The number of aliphatic hydroxyl groups is 1. The molecule has 0 bridgehead atoms. The van der Waals surface area contributed by atoms with E-state index in [0.717, 1.165) is 19.3 Å². The molecule has 0 amide bonds. The quantitative estimate of drug-likeness (QED) is 0.532. The molecule has 0 aliphatic heterocycles. The number of hydrogen-bond acceptors (Lipinski definition) is 1. The summed E-state index contributed by atoms with van der Waals surface area (Å²) < 4.78 is 0. The van der Waals surface area contributed by atoms with Crippen molar-refractivity contribution in [1.82, 2.24) is 0 Å². The Bertz CT molecular complexity index is 134. The Morgan fingerprint density at radius 1 is 1.78 bits per heavy atom. The minimum atomic E-state index is -0.495. The average molecular weight is 126 g/mol. The lowest BCUT2D eigenvalue weighted by Gasteiger charge is -2.10. The number of rotatable bonds is 1. The fourth-order valence-corrected chi connectivity index (χ4v) is 1.28. The Hall–Kier alpha value is -0.300. The van der Waals surface area contributed by atoms with Crippen LogP contribution in [-0.2, 0) is 0 Å². The molecule has 0 aromatic rings. The van der Waals surface area contributed by atoms with Crippen LogP contribution in [0.15, 0.2) is 11.6 Å². The van der Waals surface area contributed by atoms with Gasteiger partial charge in [0.1, 0.15) is 0 Å². The van der Waals surface area contributed by atoms with Crippen molar-refractivity contribution in [1.29, 1.82) is 0 Å². The van der Waals surface area contributed by atoms with Gasteiger partial charge in [0.2, 0.25) is 0 Å². The van der Waals surface area contributed by atoms with Crippen LogP contribution in [0.3, 0.4) is 0 Å². The molecule has 0 aromatic heterocycles. The first-order chi connectivity index (χ1) is 4.14. The first-order valence-electron chi connectivity index (χ1n) is 3.57. The summed E-state index contributed by atoms with van der Waals surface area (Å²) >= 11 is 0. The Labute approximate surface area is 56.4 Å². The molecule has 1 aliphatic carbocycles. The van der Waals surface area contributed by atoms with Crippen LogP contribution in [0.4, 0.5) is 0 Å². The monoisotopic (exact) mass is 126 g/mol. The zero-order valence-electron chi connectivity index (χ0n) is 6.15. The van der Waals surface area contributed by atoms with Gasteiger partial charge in [-0.25, -0.2) is 0 Å². The van der Waals surface area contributed by atoms with E-state index in [-0.39, 0.29) is 0 Å². The molecule has 1 aliphatic rings. The number of hydrogen-bond donors (Lipinski definition) is 1. The summed E-state index contributed by atoms with van der Waals surface area (Å²) in [6, 6.07) is 0. The van der Waals surface area contributed by atoms with Gasteiger partial charge in [0.05, 0.1) is 5.60 Å². The summed E-state index contributed by atoms with van der Waals surface area (Å²) in [5.74, 6) is 0. The van der Waals surface area contributed by atoms with Crippen molar-refractivity contribution in [2.45, 2.75) is 38.7 Å². The van der Waals surface area contributed by atoms with Crippen LogP contribution in [-0.4, -0.2) is 10.7 Å². The molecule has 0 heterocycles. The summed E-state index contributed by atoms with van der Waals surface area (Å²) in [6.45, 7) is 4.00. The van der Waals surface area contributed by atoms with Gasteiger partial charge in [0.25, 0.3) is 0 Å². The lowest BCUT2D eigenvalue weighted by atomic mass is 10.1. The average Bonchev–Trinajstić information content (AvgIpc) is 2.10. The van der Waals surface area contributed by atoms with E-state index in [1.165, 1.54) is 5.57 Å². The van der Waals surface area contributed by atoms with Crippen LogP contribution in [0.2, 0.25) is 0 Å².